The normalized spacial score (nSPS) is 11.4. The average Bonchev–Trinajstić information content (AvgIpc) is 3.27. The van der Waals surface area contributed by atoms with Gasteiger partial charge >= 0.3 is 5.97 Å². The lowest BCUT2D eigenvalue weighted by Gasteiger charge is -2.13. The summed E-state index contributed by atoms with van der Waals surface area (Å²) in [7, 11) is 0. The molecule has 2 heterocycles. The molecular weight excluding hydrogens is 402 g/mol. The van der Waals surface area contributed by atoms with Gasteiger partial charge in [0.1, 0.15) is 11.5 Å². The molecule has 0 amide bonds. The second-order valence-electron chi connectivity index (χ2n) is 7.59. The quantitative estimate of drug-likeness (QED) is 0.381. The molecular formula is C26H23N3O3. The minimum atomic E-state index is -1.12. The van der Waals surface area contributed by atoms with E-state index in [4.69, 9.17) is 9.40 Å². The van der Waals surface area contributed by atoms with Gasteiger partial charge in [-0.1, -0.05) is 53.6 Å². The smallest absolute Gasteiger partial charge is 0.352 e. The van der Waals surface area contributed by atoms with Gasteiger partial charge in [-0.15, -0.1) is 0 Å². The van der Waals surface area contributed by atoms with E-state index in [1.54, 1.807) is 18.3 Å². The number of aryl methyl sites for hydroxylation is 2. The number of benzene rings is 2. The van der Waals surface area contributed by atoms with Crippen LogP contribution in [0.4, 0.5) is 5.82 Å². The zero-order chi connectivity index (χ0) is 22.5. The van der Waals surface area contributed by atoms with E-state index in [2.05, 4.69) is 16.4 Å². The Kier molecular flexibility index (Phi) is 6.12. The maximum atomic E-state index is 11.8. The van der Waals surface area contributed by atoms with E-state index in [0.29, 0.717) is 23.7 Å². The summed E-state index contributed by atoms with van der Waals surface area (Å²) >= 11 is 0. The molecule has 0 aliphatic heterocycles. The number of carboxylic acid groups (broad SMARTS) is 1. The third kappa shape index (κ3) is 5.10. The summed E-state index contributed by atoms with van der Waals surface area (Å²) in [6.07, 6.45) is 5.08. The van der Waals surface area contributed by atoms with Crippen molar-refractivity contribution in [1.29, 1.82) is 0 Å². The Bertz CT molecular complexity index is 1280. The lowest BCUT2D eigenvalue weighted by Crippen LogP contribution is -2.14. The number of carbonyl (C=O) groups is 1. The molecule has 2 N–H and O–H groups in total. The maximum Gasteiger partial charge on any atom is 0.352 e. The van der Waals surface area contributed by atoms with Crippen LogP contribution < -0.4 is 5.32 Å². The molecule has 0 atom stereocenters. The Balaban J connectivity index is 1.75. The van der Waals surface area contributed by atoms with Gasteiger partial charge in [-0.25, -0.2) is 14.8 Å². The van der Waals surface area contributed by atoms with Crippen molar-refractivity contribution in [3.63, 3.8) is 0 Å². The highest BCUT2D eigenvalue weighted by Crippen LogP contribution is 2.24. The van der Waals surface area contributed by atoms with Crippen LogP contribution in [0, 0.1) is 13.8 Å². The van der Waals surface area contributed by atoms with Crippen LogP contribution >= 0.6 is 0 Å². The molecule has 6 nitrogen and oxygen atoms in total. The average molecular weight is 425 g/mol. The first-order valence-corrected chi connectivity index (χ1v) is 10.2. The zero-order valence-corrected chi connectivity index (χ0v) is 17.9. The number of furan rings is 1. The fourth-order valence-electron chi connectivity index (χ4n) is 3.41. The Morgan fingerprint density at radius 2 is 1.84 bits per heavy atom. The first kappa shape index (κ1) is 21.1. The summed E-state index contributed by atoms with van der Waals surface area (Å²) in [5.41, 5.74) is 5.62. The van der Waals surface area contributed by atoms with Crippen LogP contribution in [0.25, 0.3) is 17.3 Å². The lowest BCUT2D eigenvalue weighted by molar-refractivity contribution is -0.132. The van der Waals surface area contributed by atoms with Crippen molar-refractivity contribution in [2.45, 2.75) is 20.3 Å². The van der Waals surface area contributed by atoms with Crippen molar-refractivity contribution in [2.75, 3.05) is 5.32 Å². The molecule has 0 bridgehead atoms. The third-order valence-corrected chi connectivity index (χ3v) is 4.93. The van der Waals surface area contributed by atoms with Gasteiger partial charge in [0.2, 0.25) is 0 Å². The molecule has 160 valence electrons. The number of aromatic nitrogens is 2. The number of aliphatic carboxylic acids is 1. The van der Waals surface area contributed by atoms with Crippen LogP contribution in [-0.4, -0.2) is 21.0 Å². The van der Waals surface area contributed by atoms with Gasteiger partial charge in [0.25, 0.3) is 0 Å². The maximum absolute atomic E-state index is 11.8. The van der Waals surface area contributed by atoms with E-state index in [1.165, 1.54) is 12.3 Å². The van der Waals surface area contributed by atoms with Crippen molar-refractivity contribution in [3.8, 4) is 11.3 Å². The molecule has 4 rings (SSSR count). The van der Waals surface area contributed by atoms with E-state index in [1.807, 2.05) is 56.3 Å². The minimum Gasteiger partial charge on any atom is -0.477 e. The summed E-state index contributed by atoms with van der Waals surface area (Å²) in [4.78, 5) is 21.2. The fraction of sp³-hybridized carbons (Fsp3) is 0.115. The molecule has 4 aromatic rings. The Morgan fingerprint density at radius 3 is 2.53 bits per heavy atom. The van der Waals surface area contributed by atoms with Crippen LogP contribution in [0.1, 0.15) is 28.1 Å². The first-order chi connectivity index (χ1) is 15.5. The number of hydrogen-bond donors (Lipinski definition) is 2. The largest absolute Gasteiger partial charge is 0.477 e. The topological polar surface area (TPSA) is 88.3 Å². The Hall–Kier alpha value is -4.19. The van der Waals surface area contributed by atoms with Gasteiger partial charge < -0.3 is 14.8 Å². The number of nitrogens with one attached hydrogen (secondary N) is 1. The van der Waals surface area contributed by atoms with E-state index >= 15 is 0 Å². The summed E-state index contributed by atoms with van der Waals surface area (Å²) < 4.78 is 5.26. The van der Waals surface area contributed by atoms with Gasteiger partial charge in [0, 0.05) is 18.1 Å². The highest BCUT2D eigenvalue weighted by atomic mass is 16.4. The number of hydrogen-bond acceptors (Lipinski definition) is 5. The molecule has 0 unspecified atom stereocenters. The van der Waals surface area contributed by atoms with Crippen molar-refractivity contribution < 1.29 is 14.3 Å². The van der Waals surface area contributed by atoms with Gasteiger partial charge in [-0.05, 0) is 37.6 Å². The highest BCUT2D eigenvalue weighted by molar-refractivity contribution is 5.95. The zero-order valence-electron chi connectivity index (χ0n) is 17.9. The van der Waals surface area contributed by atoms with Crippen LogP contribution in [0.3, 0.4) is 0 Å². The first-order valence-electron chi connectivity index (χ1n) is 10.2. The summed E-state index contributed by atoms with van der Waals surface area (Å²) in [5, 5.41) is 12.6. The molecule has 32 heavy (non-hydrogen) atoms. The molecule has 0 fully saturated rings. The minimum absolute atomic E-state index is 0.0527. The Labute approximate surface area is 186 Å². The van der Waals surface area contributed by atoms with Gasteiger partial charge in [0.15, 0.2) is 5.82 Å². The monoisotopic (exact) mass is 425 g/mol. The number of carboxylic acids is 1. The van der Waals surface area contributed by atoms with Gasteiger partial charge in [0.05, 0.1) is 23.8 Å². The van der Waals surface area contributed by atoms with Crippen LogP contribution in [-0.2, 0) is 11.2 Å². The predicted octanol–water partition coefficient (Wildman–Crippen LogP) is 5.48. The van der Waals surface area contributed by atoms with E-state index in [-0.39, 0.29) is 5.70 Å². The summed E-state index contributed by atoms with van der Waals surface area (Å²) in [5.74, 6) is -0.296. The van der Waals surface area contributed by atoms with Crippen molar-refractivity contribution >= 4 is 17.9 Å². The molecule has 2 aromatic carbocycles. The van der Waals surface area contributed by atoms with Crippen LogP contribution in [0.2, 0.25) is 0 Å². The van der Waals surface area contributed by atoms with E-state index < -0.39 is 5.97 Å². The SMILES string of the molecule is Cc1cccc(Cc2nc(-c3cccc(C)c3)cnc2N/C(=C\c2ccco2)C(=O)O)c1. The molecule has 0 spiro atoms. The molecule has 6 heteroatoms. The standard InChI is InChI=1S/C26H23N3O3/c1-17-6-3-8-19(12-17)14-22-25(29-23(26(30)31)15-21-10-5-11-32-21)27-16-24(28-22)20-9-4-7-18(2)13-20/h3-13,15-16H,14H2,1-2H3,(H,27,29)(H,30,31)/b23-15-. The molecule has 0 aliphatic carbocycles. The second kappa shape index (κ2) is 9.31. The van der Waals surface area contributed by atoms with Crippen molar-refractivity contribution in [3.05, 3.63) is 107 Å². The second-order valence-corrected chi connectivity index (χ2v) is 7.59. The predicted molar refractivity (Wildman–Crippen MR) is 124 cm³/mol. The highest BCUT2D eigenvalue weighted by Gasteiger charge is 2.15. The third-order valence-electron chi connectivity index (χ3n) is 4.93. The molecule has 0 radical (unpaired) electrons. The van der Waals surface area contributed by atoms with E-state index in [9.17, 15) is 9.90 Å². The molecule has 2 aromatic heterocycles. The molecule has 0 aliphatic rings. The fourth-order valence-corrected chi connectivity index (χ4v) is 3.41. The Morgan fingerprint density at radius 1 is 1.06 bits per heavy atom. The van der Waals surface area contributed by atoms with Crippen molar-refractivity contribution in [1.82, 2.24) is 9.97 Å². The van der Waals surface area contributed by atoms with Gasteiger partial charge in [-0.3, -0.25) is 0 Å². The number of anilines is 1. The summed E-state index contributed by atoms with van der Waals surface area (Å²) in [6, 6.07) is 19.6. The van der Waals surface area contributed by atoms with Crippen LogP contribution in [0.5, 0.6) is 0 Å². The summed E-state index contributed by atoms with van der Waals surface area (Å²) in [6.45, 7) is 4.06. The number of nitrogens with zero attached hydrogens (tertiary/aromatic N) is 2. The van der Waals surface area contributed by atoms with Gasteiger partial charge in [-0.2, -0.15) is 0 Å². The molecule has 0 saturated heterocycles. The van der Waals surface area contributed by atoms with Crippen LogP contribution in [0.15, 0.2) is 83.2 Å². The lowest BCUT2D eigenvalue weighted by atomic mass is 10.1. The number of rotatable bonds is 7. The molecule has 0 saturated carbocycles. The van der Waals surface area contributed by atoms with Crippen molar-refractivity contribution in [2.24, 2.45) is 0 Å². The van der Waals surface area contributed by atoms with E-state index in [0.717, 1.165) is 27.9 Å².